The van der Waals surface area contributed by atoms with Crippen molar-refractivity contribution in [2.45, 2.75) is 33.7 Å². The van der Waals surface area contributed by atoms with Crippen LogP contribution in [-0.4, -0.2) is 6.54 Å². The zero-order chi connectivity index (χ0) is 15.2. The summed E-state index contributed by atoms with van der Waals surface area (Å²) >= 11 is 6.15. The van der Waals surface area contributed by atoms with E-state index in [2.05, 4.69) is 38.2 Å². The molecule has 2 rings (SSSR count). The Bertz CT molecular complexity index is 610. The third-order valence-electron chi connectivity index (χ3n) is 3.41. The van der Waals surface area contributed by atoms with Crippen molar-refractivity contribution in [1.82, 2.24) is 5.32 Å². The molecule has 0 aliphatic heterocycles. The summed E-state index contributed by atoms with van der Waals surface area (Å²) in [5.74, 6) is 1.73. The Morgan fingerprint density at radius 2 is 1.86 bits per heavy atom. The van der Waals surface area contributed by atoms with Crippen LogP contribution >= 0.6 is 11.6 Å². The molecule has 1 N–H and O–H groups in total. The molecule has 0 aromatic heterocycles. The molecule has 0 bridgehead atoms. The van der Waals surface area contributed by atoms with Gasteiger partial charge in [0.2, 0.25) is 0 Å². The molecule has 2 aromatic rings. The summed E-state index contributed by atoms with van der Waals surface area (Å²) in [6.45, 7) is 8.03. The first-order chi connectivity index (χ1) is 10.1. The average molecular weight is 304 g/mol. The highest BCUT2D eigenvalue weighted by molar-refractivity contribution is 6.31. The molecule has 2 aromatic carbocycles. The van der Waals surface area contributed by atoms with E-state index in [4.69, 9.17) is 16.3 Å². The molecule has 0 heterocycles. The van der Waals surface area contributed by atoms with E-state index in [1.54, 1.807) is 0 Å². The van der Waals surface area contributed by atoms with Gasteiger partial charge in [0.25, 0.3) is 0 Å². The maximum absolute atomic E-state index is 6.15. The molecule has 0 unspecified atom stereocenters. The van der Waals surface area contributed by atoms with Gasteiger partial charge in [0, 0.05) is 17.1 Å². The number of hydrogen-bond donors (Lipinski definition) is 1. The normalized spacial score (nSPS) is 10.7. The Balaban J connectivity index is 2.26. The average Bonchev–Trinajstić information content (AvgIpc) is 2.49. The second kappa shape index (κ2) is 7.48. The van der Waals surface area contributed by atoms with Crippen molar-refractivity contribution < 1.29 is 4.74 Å². The van der Waals surface area contributed by atoms with Gasteiger partial charge in [0.1, 0.15) is 11.5 Å². The zero-order valence-corrected chi connectivity index (χ0v) is 13.6. The van der Waals surface area contributed by atoms with Crippen molar-refractivity contribution in [3.63, 3.8) is 0 Å². The first kappa shape index (κ1) is 15.9. The van der Waals surface area contributed by atoms with Crippen LogP contribution in [0.2, 0.25) is 5.02 Å². The molecule has 0 amide bonds. The van der Waals surface area contributed by atoms with Gasteiger partial charge in [-0.1, -0.05) is 43.1 Å². The van der Waals surface area contributed by atoms with Crippen LogP contribution in [0.25, 0.3) is 0 Å². The number of rotatable bonds is 6. The minimum absolute atomic E-state index is 0.793. The summed E-state index contributed by atoms with van der Waals surface area (Å²) in [6.07, 6.45) is 0.897. The monoisotopic (exact) mass is 303 g/mol. The van der Waals surface area contributed by atoms with Gasteiger partial charge in [-0.2, -0.15) is 0 Å². The topological polar surface area (TPSA) is 21.3 Å². The number of aryl methyl sites for hydroxylation is 2. The van der Waals surface area contributed by atoms with Crippen molar-refractivity contribution in [2.75, 3.05) is 6.54 Å². The molecule has 0 radical (unpaired) electrons. The van der Waals surface area contributed by atoms with E-state index in [9.17, 15) is 0 Å². The van der Waals surface area contributed by atoms with Crippen LogP contribution in [0.3, 0.4) is 0 Å². The van der Waals surface area contributed by atoms with E-state index in [1.165, 1.54) is 11.1 Å². The van der Waals surface area contributed by atoms with Gasteiger partial charge in [-0.15, -0.1) is 0 Å². The fourth-order valence-electron chi connectivity index (χ4n) is 2.22. The van der Waals surface area contributed by atoms with E-state index in [-0.39, 0.29) is 0 Å². The lowest BCUT2D eigenvalue weighted by Gasteiger charge is -2.13. The lowest BCUT2D eigenvalue weighted by atomic mass is 10.1. The summed E-state index contributed by atoms with van der Waals surface area (Å²) in [5.41, 5.74) is 3.51. The van der Waals surface area contributed by atoms with E-state index < -0.39 is 0 Å². The van der Waals surface area contributed by atoms with Crippen molar-refractivity contribution in [2.24, 2.45) is 0 Å². The molecule has 0 saturated carbocycles. The van der Waals surface area contributed by atoms with Crippen molar-refractivity contribution in [3.8, 4) is 11.5 Å². The first-order valence-electron chi connectivity index (χ1n) is 7.40. The standard InChI is InChI=1S/C18H22ClNO/c1-4-14-11-16(7-8-17(14)19)21-18-9-6-13(3)10-15(18)12-20-5-2/h6-11,20H,4-5,12H2,1-3H3. The fourth-order valence-corrected chi connectivity index (χ4v) is 2.47. The predicted octanol–water partition coefficient (Wildman–Crippen LogP) is 5.11. The SMILES string of the molecule is CCNCc1cc(C)ccc1Oc1ccc(Cl)c(CC)c1. The molecular weight excluding hydrogens is 282 g/mol. The van der Waals surface area contributed by atoms with Gasteiger partial charge in [-0.25, -0.2) is 0 Å². The Morgan fingerprint density at radius 1 is 1.05 bits per heavy atom. The maximum Gasteiger partial charge on any atom is 0.131 e. The third-order valence-corrected chi connectivity index (χ3v) is 3.78. The van der Waals surface area contributed by atoms with Crippen molar-refractivity contribution >= 4 is 11.6 Å². The number of ether oxygens (including phenoxy) is 1. The van der Waals surface area contributed by atoms with Gasteiger partial charge in [-0.3, -0.25) is 0 Å². The Hall–Kier alpha value is -1.51. The Morgan fingerprint density at radius 3 is 2.57 bits per heavy atom. The molecule has 112 valence electrons. The number of nitrogens with one attached hydrogen (secondary N) is 1. The van der Waals surface area contributed by atoms with Crippen molar-refractivity contribution in [1.29, 1.82) is 0 Å². The number of benzene rings is 2. The van der Waals surface area contributed by atoms with Gasteiger partial charge in [-0.05, 0) is 49.7 Å². The Labute approximate surface area is 132 Å². The third kappa shape index (κ3) is 4.23. The van der Waals surface area contributed by atoms with Gasteiger partial charge in [0.15, 0.2) is 0 Å². The van der Waals surface area contributed by atoms with Crippen molar-refractivity contribution in [3.05, 3.63) is 58.1 Å². The van der Waals surface area contributed by atoms with Gasteiger partial charge >= 0.3 is 0 Å². The van der Waals surface area contributed by atoms with E-state index >= 15 is 0 Å². The molecule has 2 nitrogen and oxygen atoms in total. The first-order valence-corrected chi connectivity index (χ1v) is 7.78. The van der Waals surface area contributed by atoms with E-state index in [0.717, 1.165) is 41.6 Å². The molecule has 0 aliphatic rings. The summed E-state index contributed by atoms with van der Waals surface area (Å²) < 4.78 is 6.06. The van der Waals surface area contributed by atoms with Gasteiger partial charge < -0.3 is 10.1 Å². The maximum atomic E-state index is 6.15. The fraction of sp³-hybridized carbons (Fsp3) is 0.333. The summed E-state index contributed by atoms with van der Waals surface area (Å²) in [7, 11) is 0. The highest BCUT2D eigenvalue weighted by Crippen LogP contribution is 2.29. The molecule has 0 fully saturated rings. The second-order valence-corrected chi connectivity index (χ2v) is 5.51. The molecular formula is C18H22ClNO. The van der Waals surface area contributed by atoms with Crippen LogP contribution in [0.5, 0.6) is 11.5 Å². The number of halogens is 1. The lowest BCUT2D eigenvalue weighted by molar-refractivity contribution is 0.472. The summed E-state index contributed by atoms with van der Waals surface area (Å²) in [4.78, 5) is 0. The quantitative estimate of drug-likeness (QED) is 0.800. The highest BCUT2D eigenvalue weighted by Gasteiger charge is 2.07. The number of hydrogen-bond acceptors (Lipinski definition) is 2. The summed E-state index contributed by atoms with van der Waals surface area (Å²) in [5, 5.41) is 4.14. The summed E-state index contributed by atoms with van der Waals surface area (Å²) in [6, 6.07) is 12.1. The molecule has 3 heteroatoms. The molecule has 0 spiro atoms. The predicted molar refractivity (Wildman–Crippen MR) is 89.5 cm³/mol. The molecule has 0 atom stereocenters. The Kier molecular flexibility index (Phi) is 5.66. The van der Waals surface area contributed by atoms with Crippen LogP contribution in [0, 0.1) is 6.92 Å². The molecule has 0 saturated heterocycles. The minimum Gasteiger partial charge on any atom is -0.457 e. The largest absolute Gasteiger partial charge is 0.457 e. The highest BCUT2D eigenvalue weighted by atomic mass is 35.5. The van der Waals surface area contributed by atoms with Crippen LogP contribution in [-0.2, 0) is 13.0 Å². The second-order valence-electron chi connectivity index (χ2n) is 5.10. The minimum atomic E-state index is 0.793. The van der Waals surface area contributed by atoms with Crippen LogP contribution in [0.1, 0.15) is 30.5 Å². The zero-order valence-electron chi connectivity index (χ0n) is 12.9. The lowest BCUT2D eigenvalue weighted by Crippen LogP contribution is -2.12. The van der Waals surface area contributed by atoms with Crippen LogP contribution in [0.15, 0.2) is 36.4 Å². The van der Waals surface area contributed by atoms with Gasteiger partial charge in [0.05, 0.1) is 0 Å². The van der Waals surface area contributed by atoms with Crippen LogP contribution in [0.4, 0.5) is 0 Å². The van der Waals surface area contributed by atoms with E-state index in [1.807, 2.05) is 24.3 Å². The van der Waals surface area contributed by atoms with E-state index in [0.29, 0.717) is 0 Å². The molecule has 21 heavy (non-hydrogen) atoms. The molecule has 0 aliphatic carbocycles. The van der Waals surface area contributed by atoms with Crippen LogP contribution < -0.4 is 10.1 Å². The smallest absolute Gasteiger partial charge is 0.131 e.